The van der Waals surface area contributed by atoms with E-state index in [1.165, 1.54) is 13.2 Å². The van der Waals surface area contributed by atoms with Crippen LogP contribution >= 0.6 is 34.9 Å². The van der Waals surface area contributed by atoms with Crippen molar-refractivity contribution >= 4 is 46.3 Å². The average molecular weight is 382 g/mol. The molecular weight excluding hydrogens is 358 g/mol. The molecule has 2 rings (SSSR count). The van der Waals surface area contributed by atoms with Gasteiger partial charge in [-0.15, -0.1) is 23.3 Å². The molecule has 0 saturated carbocycles. The van der Waals surface area contributed by atoms with Crippen LogP contribution in [0, 0.1) is 10.1 Å². The maximum atomic E-state index is 10.9. The van der Waals surface area contributed by atoms with Gasteiger partial charge in [0.05, 0.1) is 22.7 Å². The van der Waals surface area contributed by atoms with Gasteiger partial charge in [0.25, 0.3) is 0 Å². The fourth-order valence-electron chi connectivity index (χ4n) is 2.13. The van der Waals surface area contributed by atoms with E-state index in [0.29, 0.717) is 5.02 Å². The van der Waals surface area contributed by atoms with Gasteiger partial charge in [0.2, 0.25) is 0 Å². The zero-order chi connectivity index (χ0) is 18.0. The molecule has 0 radical (unpaired) electrons. The molecule has 0 aromatic heterocycles. The number of benzene rings is 1. The molecule has 6 nitrogen and oxygen atoms in total. The Morgan fingerprint density at radius 1 is 1.22 bits per heavy atom. The number of hydrogen-bond acceptors (Lipinski definition) is 7. The second-order valence-corrected chi connectivity index (χ2v) is 4.93. The highest BCUT2D eigenvalue weighted by atomic mass is 35.5. The highest BCUT2D eigenvalue weighted by molar-refractivity contribution is 8.59. The average Bonchev–Trinajstić information content (AvgIpc) is 2.59. The predicted octanol–water partition coefficient (Wildman–Crippen LogP) is 3.80. The van der Waals surface area contributed by atoms with Crippen LogP contribution in [-0.2, 0) is 0 Å². The van der Waals surface area contributed by atoms with Crippen LogP contribution in [0.2, 0.25) is 5.02 Å². The molecule has 0 bridgehead atoms. The molecule has 1 fully saturated rings. The third kappa shape index (κ3) is 6.29. The largest absolute Gasteiger partial charge is 0.490 e. The fourth-order valence-corrected chi connectivity index (χ4v) is 2.41. The standard InChI is InChI=1S/C12H16ClN3O3.C2H6.H2S2/c1-14-3-5-15(6-4-14)10-8-12(19-2)11(16(17)18)7-9(10)13;2*1-2/h7-8H,3-6H2,1-2H3;1-2H3;1-2H. The summed E-state index contributed by atoms with van der Waals surface area (Å²) in [5, 5.41) is 11.3. The van der Waals surface area contributed by atoms with E-state index >= 15 is 0 Å². The van der Waals surface area contributed by atoms with Gasteiger partial charge in [-0.3, -0.25) is 10.1 Å². The second-order valence-electron chi connectivity index (χ2n) is 4.52. The lowest BCUT2D eigenvalue weighted by atomic mass is 10.2. The van der Waals surface area contributed by atoms with Gasteiger partial charge in [-0.05, 0) is 7.05 Å². The smallest absolute Gasteiger partial charge is 0.312 e. The van der Waals surface area contributed by atoms with Crippen LogP contribution in [-0.4, -0.2) is 50.2 Å². The Morgan fingerprint density at radius 3 is 2.17 bits per heavy atom. The zero-order valence-corrected chi connectivity index (χ0v) is 16.4. The topological polar surface area (TPSA) is 58.8 Å². The number of methoxy groups -OCH3 is 1. The molecule has 1 aromatic rings. The minimum atomic E-state index is -0.488. The van der Waals surface area contributed by atoms with Gasteiger partial charge < -0.3 is 14.5 Å². The lowest BCUT2D eigenvalue weighted by molar-refractivity contribution is -0.385. The molecule has 0 spiro atoms. The van der Waals surface area contributed by atoms with Gasteiger partial charge in [-0.2, -0.15) is 0 Å². The molecule has 1 aliphatic heterocycles. The quantitative estimate of drug-likeness (QED) is 0.361. The number of rotatable bonds is 3. The van der Waals surface area contributed by atoms with Crippen LogP contribution in [0.25, 0.3) is 0 Å². The van der Waals surface area contributed by atoms with Crippen LogP contribution < -0.4 is 9.64 Å². The number of anilines is 1. The van der Waals surface area contributed by atoms with E-state index in [1.807, 2.05) is 13.8 Å². The van der Waals surface area contributed by atoms with E-state index in [2.05, 4.69) is 40.2 Å². The van der Waals surface area contributed by atoms with Crippen molar-refractivity contribution in [2.24, 2.45) is 0 Å². The maximum Gasteiger partial charge on any atom is 0.312 e. The van der Waals surface area contributed by atoms with E-state index in [9.17, 15) is 10.1 Å². The normalized spacial score (nSPS) is 14.1. The van der Waals surface area contributed by atoms with Crippen LogP contribution in [0.1, 0.15) is 13.8 Å². The van der Waals surface area contributed by atoms with E-state index in [-0.39, 0.29) is 11.4 Å². The predicted molar refractivity (Wildman–Crippen MR) is 104 cm³/mol. The highest BCUT2D eigenvalue weighted by Gasteiger charge is 2.22. The summed E-state index contributed by atoms with van der Waals surface area (Å²) in [6.07, 6.45) is 0. The third-order valence-electron chi connectivity index (χ3n) is 3.29. The number of thiol groups is 2. The number of nitro benzene ring substituents is 1. The molecule has 1 aliphatic rings. The van der Waals surface area contributed by atoms with E-state index in [1.54, 1.807) is 6.07 Å². The van der Waals surface area contributed by atoms with Gasteiger partial charge in [-0.1, -0.05) is 25.4 Å². The summed E-state index contributed by atoms with van der Waals surface area (Å²) in [6.45, 7) is 7.57. The second kappa shape index (κ2) is 11.7. The molecule has 0 amide bonds. The summed E-state index contributed by atoms with van der Waals surface area (Å²) in [5.41, 5.74) is 0.683. The van der Waals surface area contributed by atoms with Crippen LogP contribution in [0.5, 0.6) is 5.75 Å². The lowest BCUT2D eigenvalue weighted by Crippen LogP contribution is -2.44. The molecule has 1 aromatic carbocycles. The number of nitro groups is 1. The molecule has 0 N–H and O–H groups in total. The molecule has 0 aliphatic carbocycles. The van der Waals surface area contributed by atoms with Crippen molar-refractivity contribution in [3.8, 4) is 5.75 Å². The van der Waals surface area contributed by atoms with Crippen molar-refractivity contribution in [3.05, 3.63) is 27.3 Å². The summed E-state index contributed by atoms with van der Waals surface area (Å²) in [5.74, 6) is 0.239. The third-order valence-corrected chi connectivity index (χ3v) is 3.59. The Kier molecular flexibility index (Phi) is 11.2. The fraction of sp³-hybridized carbons (Fsp3) is 0.571. The Morgan fingerprint density at radius 2 is 1.74 bits per heavy atom. The van der Waals surface area contributed by atoms with Gasteiger partial charge in [-0.25, -0.2) is 0 Å². The first-order valence-corrected chi connectivity index (χ1v) is 9.16. The first-order valence-electron chi connectivity index (χ1n) is 7.18. The van der Waals surface area contributed by atoms with Crippen molar-refractivity contribution in [2.45, 2.75) is 13.8 Å². The van der Waals surface area contributed by atoms with Gasteiger partial charge in [0, 0.05) is 38.3 Å². The molecule has 9 heteroatoms. The number of halogens is 1. The van der Waals surface area contributed by atoms with Gasteiger partial charge in [0.15, 0.2) is 5.75 Å². The molecular formula is C14H24ClN3O3S2. The van der Waals surface area contributed by atoms with Gasteiger partial charge in [0.1, 0.15) is 0 Å². The Balaban J connectivity index is 0.00000112. The SMILES string of the molecule is CC.COc1cc(N2CCN(C)CC2)c(Cl)cc1[N+](=O)[O-].SS. The van der Waals surface area contributed by atoms with E-state index in [4.69, 9.17) is 16.3 Å². The Hall–Kier alpha value is -0.830. The van der Waals surface area contributed by atoms with E-state index in [0.717, 1.165) is 31.9 Å². The first-order chi connectivity index (χ1) is 11.0. The van der Waals surface area contributed by atoms with Crippen molar-refractivity contribution < 1.29 is 9.66 Å². The summed E-state index contributed by atoms with van der Waals surface area (Å²) in [7, 11) is 3.49. The number of nitrogens with zero attached hydrogens (tertiary/aromatic N) is 3. The van der Waals surface area contributed by atoms with Crippen LogP contribution in [0.3, 0.4) is 0 Å². The summed E-state index contributed by atoms with van der Waals surface area (Å²) < 4.78 is 5.08. The minimum Gasteiger partial charge on any atom is -0.490 e. The number of piperazine rings is 1. The van der Waals surface area contributed by atoms with Gasteiger partial charge >= 0.3 is 5.69 Å². The monoisotopic (exact) mass is 381 g/mol. The van der Waals surface area contributed by atoms with Crippen LogP contribution in [0.4, 0.5) is 11.4 Å². The number of hydrogen-bond donors (Lipinski definition) is 2. The highest BCUT2D eigenvalue weighted by Crippen LogP contribution is 2.37. The van der Waals surface area contributed by atoms with E-state index < -0.39 is 4.92 Å². The number of likely N-dealkylation sites (N-methyl/N-ethyl adjacent to an activating group) is 1. The first kappa shape index (κ1) is 22.2. The molecule has 1 saturated heterocycles. The Labute approximate surface area is 153 Å². The summed E-state index contributed by atoms with van der Waals surface area (Å²) in [6, 6.07) is 3.00. The lowest BCUT2D eigenvalue weighted by Gasteiger charge is -2.34. The molecule has 23 heavy (non-hydrogen) atoms. The summed E-state index contributed by atoms with van der Waals surface area (Å²) >= 11 is 12.6. The Bertz CT molecular complexity index is 498. The van der Waals surface area contributed by atoms with Crippen molar-refractivity contribution in [2.75, 3.05) is 45.2 Å². The molecule has 0 unspecified atom stereocenters. The summed E-state index contributed by atoms with van der Waals surface area (Å²) in [4.78, 5) is 14.8. The molecule has 132 valence electrons. The van der Waals surface area contributed by atoms with Crippen molar-refractivity contribution in [3.63, 3.8) is 0 Å². The van der Waals surface area contributed by atoms with Crippen molar-refractivity contribution in [1.82, 2.24) is 4.90 Å². The minimum absolute atomic E-state index is 0.106. The maximum absolute atomic E-state index is 10.9. The zero-order valence-electron chi connectivity index (χ0n) is 13.8. The molecule has 1 heterocycles. The number of ether oxygens (including phenoxy) is 1. The van der Waals surface area contributed by atoms with Crippen LogP contribution in [0.15, 0.2) is 12.1 Å². The van der Waals surface area contributed by atoms with Crippen molar-refractivity contribution in [1.29, 1.82) is 0 Å². The molecule has 0 atom stereocenters.